The maximum absolute atomic E-state index is 13.5. The van der Waals surface area contributed by atoms with Crippen LogP contribution < -0.4 is 5.56 Å². The van der Waals surface area contributed by atoms with Gasteiger partial charge in [0.2, 0.25) is 0 Å². The van der Waals surface area contributed by atoms with Crippen molar-refractivity contribution >= 4 is 10.9 Å². The van der Waals surface area contributed by atoms with Crippen molar-refractivity contribution in [2.75, 3.05) is 6.54 Å². The number of halogens is 1. The van der Waals surface area contributed by atoms with Crippen molar-refractivity contribution in [2.24, 2.45) is 0 Å². The zero-order valence-corrected chi connectivity index (χ0v) is 14.5. The standard InChI is InChI=1S/C21H20FN3O/c22-16-5-3-4-14(10-16)15-7-8-18-19(11-15)23-20-13-24-9-2-1-6-17(24)12-25(20)21(18)26/h3-5,7-8,10-11,17H,1-2,6,9,12-13H2. The first-order chi connectivity index (χ1) is 12.7. The lowest BCUT2D eigenvalue weighted by atomic mass is 9.99. The first-order valence-electron chi connectivity index (χ1n) is 9.22. The Balaban J connectivity index is 1.63. The quantitative estimate of drug-likeness (QED) is 0.674. The fourth-order valence-corrected chi connectivity index (χ4v) is 4.29. The molecule has 3 aromatic rings. The molecule has 0 saturated carbocycles. The van der Waals surface area contributed by atoms with E-state index in [4.69, 9.17) is 4.98 Å². The molecule has 1 aromatic heterocycles. The molecule has 1 atom stereocenters. The molecule has 26 heavy (non-hydrogen) atoms. The molecule has 0 amide bonds. The average molecular weight is 349 g/mol. The highest BCUT2D eigenvalue weighted by atomic mass is 19.1. The van der Waals surface area contributed by atoms with Gasteiger partial charge in [0.15, 0.2) is 0 Å². The number of hydrogen-bond acceptors (Lipinski definition) is 3. The van der Waals surface area contributed by atoms with E-state index in [0.29, 0.717) is 16.9 Å². The summed E-state index contributed by atoms with van der Waals surface area (Å²) in [6.45, 7) is 2.56. The van der Waals surface area contributed by atoms with E-state index < -0.39 is 0 Å². The van der Waals surface area contributed by atoms with Crippen LogP contribution in [0.4, 0.5) is 4.39 Å². The molecule has 0 radical (unpaired) electrons. The largest absolute Gasteiger partial charge is 0.293 e. The van der Waals surface area contributed by atoms with Gasteiger partial charge < -0.3 is 0 Å². The van der Waals surface area contributed by atoms with Crippen LogP contribution in [0.25, 0.3) is 22.0 Å². The number of nitrogens with zero attached hydrogens (tertiary/aromatic N) is 3. The third kappa shape index (κ3) is 2.54. The van der Waals surface area contributed by atoms with Gasteiger partial charge in [0.1, 0.15) is 11.6 Å². The Morgan fingerprint density at radius 1 is 1.08 bits per heavy atom. The summed E-state index contributed by atoms with van der Waals surface area (Å²) >= 11 is 0. The van der Waals surface area contributed by atoms with Gasteiger partial charge in [0.25, 0.3) is 5.56 Å². The number of rotatable bonds is 1. The van der Waals surface area contributed by atoms with Crippen LogP contribution in [0.3, 0.4) is 0 Å². The molecular weight excluding hydrogens is 329 g/mol. The van der Waals surface area contributed by atoms with E-state index in [-0.39, 0.29) is 11.4 Å². The Labute approximate surface area is 150 Å². The monoisotopic (exact) mass is 349 g/mol. The second-order valence-corrected chi connectivity index (χ2v) is 7.31. The van der Waals surface area contributed by atoms with Crippen LogP contribution in [0.15, 0.2) is 47.3 Å². The second kappa shape index (κ2) is 6.02. The highest BCUT2D eigenvalue weighted by molar-refractivity contribution is 5.83. The van der Waals surface area contributed by atoms with E-state index in [1.807, 2.05) is 28.8 Å². The minimum Gasteiger partial charge on any atom is -0.293 e. The fraction of sp³-hybridized carbons (Fsp3) is 0.333. The Kier molecular flexibility index (Phi) is 3.64. The highest BCUT2D eigenvalue weighted by Gasteiger charge is 2.30. The summed E-state index contributed by atoms with van der Waals surface area (Å²) < 4.78 is 15.4. The van der Waals surface area contributed by atoms with Crippen molar-refractivity contribution in [3.8, 4) is 11.1 Å². The maximum Gasteiger partial charge on any atom is 0.261 e. The van der Waals surface area contributed by atoms with Gasteiger partial charge in [0, 0.05) is 12.6 Å². The molecule has 132 valence electrons. The first-order valence-corrected chi connectivity index (χ1v) is 9.22. The minimum atomic E-state index is -0.266. The number of piperidine rings is 1. The lowest BCUT2D eigenvalue weighted by molar-refractivity contribution is 0.0952. The molecular formula is C21H20FN3O. The van der Waals surface area contributed by atoms with Gasteiger partial charge in [-0.25, -0.2) is 9.37 Å². The second-order valence-electron chi connectivity index (χ2n) is 7.31. The highest BCUT2D eigenvalue weighted by Crippen LogP contribution is 2.27. The van der Waals surface area contributed by atoms with E-state index in [9.17, 15) is 9.18 Å². The van der Waals surface area contributed by atoms with E-state index in [1.165, 1.54) is 25.0 Å². The SMILES string of the molecule is O=c1c2ccc(-c3cccc(F)c3)cc2nc2n1CC1CCCCN1C2. The van der Waals surface area contributed by atoms with Crippen LogP contribution >= 0.6 is 0 Å². The van der Waals surface area contributed by atoms with Crippen molar-refractivity contribution in [3.63, 3.8) is 0 Å². The van der Waals surface area contributed by atoms with Crippen LogP contribution in [0, 0.1) is 5.82 Å². The molecule has 1 fully saturated rings. The fourth-order valence-electron chi connectivity index (χ4n) is 4.29. The molecule has 3 heterocycles. The number of hydrogen-bond donors (Lipinski definition) is 0. The molecule has 2 aliphatic heterocycles. The lowest BCUT2D eigenvalue weighted by Crippen LogP contribution is -2.49. The van der Waals surface area contributed by atoms with Crippen molar-refractivity contribution in [1.82, 2.24) is 14.5 Å². The summed E-state index contributed by atoms with van der Waals surface area (Å²) in [5, 5.41) is 0.637. The van der Waals surface area contributed by atoms with Gasteiger partial charge in [0.05, 0.1) is 17.4 Å². The van der Waals surface area contributed by atoms with Crippen molar-refractivity contribution in [3.05, 3.63) is 64.5 Å². The van der Waals surface area contributed by atoms with Crippen LogP contribution in [-0.2, 0) is 13.1 Å². The normalized spacial score (nSPS) is 20.0. The van der Waals surface area contributed by atoms with Crippen molar-refractivity contribution in [1.29, 1.82) is 0 Å². The molecule has 0 spiro atoms. The predicted octanol–water partition coefficient (Wildman–Crippen LogP) is 3.57. The first kappa shape index (κ1) is 15.7. The van der Waals surface area contributed by atoms with E-state index >= 15 is 0 Å². The third-order valence-corrected chi connectivity index (χ3v) is 5.68. The number of fused-ring (bicyclic) bond motifs is 3. The predicted molar refractivity (Wildman–Crippen MR) is 99.4 cm³/mol. The third-order valence-electron chi connectivity index (χ3n) is 5.68. The molecule has 0 bridgehead atoms. The molecule has 2 aromatic carbocycles. The molecule has 4 nitrogen and oxygen atoms in total. The lowest BCUT2D eigenvalue weighted by Gasteiger charge is -2.40. The summed E-state index contributed by atoms with van der Waals surface area (Å²) in [7, 11) is 0. The molecule has 0 aliphatic carbocycles. The van der Waals surface area contributed by atoms with Gasteiger partial charge in [-0.05, 0) is 54.8 Å². The minimum absolute atomic E-state index is 0.0426. The van der Waals surface area contributed by atoms with Crippen molar-refractivity contribution in [2.45, 2.75) is 38.4 Å². The number of benzene rings is 2. The van der Waals surface area contributed by atoms with Gasteiger partial charge in [-0.2, -0.15) is 0 Å². The van der Waals surface area contributed by atoms with Gasteiger partial charge in [-0.15, -0.1) is 0 Å². The molecule has 2 aliphatic rings. The zero-order chi connectivity index (χ0) is 17.7. The molecule has 5 heteroatoms. The smallest absolute Gasteiger partial charge is 0.261 e. The van der Waals surface area contributed by atoms with Gasteiger partial charge >= 0.3 is 0 Å². The molecule has 1 unspecified atom stereocenters. The summed E-state index contributed by atoms with van der Waals surface area (Å²) in [5.74, 6) is 0.578. The van der Waals surface area contributed by atoms with E-state index in [2.05, 4.69) is 4.90 Å². The Hall–Kier alpha value is -2.53. The Morgan fingerprint density at radius 2 is 1.96 bits per heavy atom. The van der Waals surface area contributed by atoms with Crippen LogP contribution in [0.1, 0.15) is 25.1 Å². The van der Waals surface area contributed by atoms with Crippen LogP contribution in [0.2, 0.25) is 0 Å². The molecule has 1 saturated heterocycles. The summed E-state index contributed by atoms with van der Waals surface area (Å²) in [6, 6.07) is 12.6. The van der Waals surface area contributed by atoms with Crippen LogP contribution in [-0.4, -0.2) is 27.0 Å². The summed E-state index contributed by atoms with van der Waals surface area (Å²) in [6.07, 6.45) is 3.61. The van der Waals surface area contributed by atoms with Gasteiger partial charge in [-0.3, -0.25) is 14.3 Å². The summed E-state index contributed by atoms with van der Waals surface area (Å²) in [5.41, 5.74) is 2.41. The topological polar surface area (TPSA) is 38.1 Å². The average Bonchev–Trinajstić information content (AvgIpc) is 2.66. The molecule has 0 N–H and O–H groups in total. The van der Waals surface area contributed by atoms with Crippen LogP contribution in [0.5, 0.6) is 0 Å². The maximum atomic E-state index is 13.5. The Morgan fingerprint density at radius 3 is 2.85 bits per heavy atom. The van der Waals surface area contributed by atoms with E-state index in [0.717, 1.165) is 43.0 Å². The Bertz CT molecular complexity index is 1060. The van der Waals surface area contributed by atoms with E-state index in [1.54, 1.807) is 6.07 Å². The van der Waals surface area contributed by atoms with Gasteiger partial charge in [-0.1, -0.05) is 24.6 Å². The number of aromatic nitrogens is 2. The van der Waals surface area contributed by atoms with Crippen molar-refractivity contribution < 1.29 is 4.39 Å². The summed E-state index contributed by atoms with van der Waals surface area (Å²) in [4.78, 5) is 20.2. The zero-order valence-electron chi connectivity index (χ0n) is 14.5. The molecule has 5 rings (SSSR count).